The van der Waals surface area contributed by atoms with Gasteiger partial charge in [-0.15, -0.1) is 0 Å². The van der Waals surface area contributed by atoms with Gasteiger partial charge in [0.05, 0.1) is 6.04 Å². The predicted molar refractivity (Wildman–Crippen MR) is 315 cm³/mol. The van der Waals surface area contributed by atoms with Crippen LogP contribution in [0.4, 0.5) is 11.4 Å². The SMILES string of the molecule is C1=CCC(C2=CCC(N(C3=CC=C(C4=CC=C(N(C5=CCC(C6=CC(C7C=CC=CC7)CC=C6)C=C5)c5ccc(C6C=C(C7=CCCC=C7)C=CC6)cc5)CC4)CC3)c3ccc(C4=CCCC=C4)cc3)C=C2)C=C1. The molecule has 0 spiro atoms. The van der Waals surface area contributed by atoms with Crippen molar-refractivity contribution in [2.45, 2.75) is 102 Å². The first-order chi connectivity index (χ1) is 36.7. The molecule has 0 aliphatic heterocycles. The molecule has 370 valence electrons. The van der Waals surface area contributed by atoms with Gasteiger partial charge in [0.1, 0.15) is 0 Å². The molecule has 0 saturated heterocycles. The fourth-order valence-corrected chi connectivity index (χ4v) is 12.8. The second kappa shape index (κ2) is 22.5. The van der Waals surface area contributed by atoms with Crippen molar-refractivity contribution in [1.29, 1.82) is 0 Å². The maximum Gasteiger partial charge on any atom is 0.0556 e. The Bertz CT molecular complexity index is 3110. The van der Waals surface area contributed by atoms with Gasteiger partial charge in [-0.25, -0.2) is 0 Å². The second-order valence-corrected chi connectivity index (χ2v) is 21.7. The summed E-state index contributed by atoms with van der Waals surface area (Å²) in [7, 11) is 0. The number of hydrogen-bond acceptors (Lipinski definition) is 2. The van der Waals surface area contributed by atoms with Crippen molar-refractivity contribution in [2.75, 3.05) is 9.80 Å². The minimum atomic E-state index is 0.273. The lowest BCUT2D eigenvalue weighted by atomic mass is 9.78. The molecular weight excluding hydrogens is 893 g/mol. The molecule has 10 aliphatic rings. The molecule has 6 atom stereocenters. The zero-order valence-corrected chi connectivity index (χ0v) is 43.2. The van der Waals surface area contributed by atoms with E-state index in [2.05, 4.69) is 241 Å². The van der Waals surface area contributed by atoms with Crippen molar-refractivity contribution in [2.24, 2.45) is 23.7 Å². The Balaban J connectivity index is 0.808. The maximum absolute atomic E-state index is 2.63. The van der Waals surface area contributed by atoms with Crippen LogP contribution >= 0.6 is 0 Å². The van der Waals surface area contributed by atoms with E-state index in [4.69, 9.17) is 0 Å². The quantitative estimate of drug-likeness (QED) is 0.197. The third kappa shape index (κ3) is 10.7. The van der Waals surface area contributed by atoms with Gasteiger partial charge in [-0.1, -0.05) is 188 Å². The van der Waals surface area contributed by atoms with Crippen molar-refractivity contribution >= 4 is 16.9 Å². The molecule has 0 radical (unpaired) electrons. The van der Waals surface area contributed by atoms with E-state index in [1.807, 2.05) is 0 Å². The van der Waals surface area contributed by atoms with E-state index in [9.17, 15) is 0 Å². The van der Waals surface area contributed by atoms with Crippen LogP contribution in [0.25, 0.3) is 5.57 Å². The summed E-state index contributed by atoms with van der Waals surface area (Å²) in [5.41, 5.74) is 19.2. The van der Waals surface area contributed by atoms with Crippen LogP contribution in [0.15, 0.2) is 281 Å². The Hall–Kier alpha value is -7.16. The average molecular weight is 965 g/mol. The van der Waals surface area contributed by atoms with Crippen molar-refractivity contribution < 1.29 is 0 Å². The van der Waals surface area contributed by atoms with Crippen LogP contribution < -0.4 is 9.80 Å². The third-order valence-electron chi connectivity index (χ3n) is 17.0. The van der Waals surface area contributed by atoms with Crippen LogP contribution in [0, 0.1) is 23.7 Å². The molecule has 0 amide bonds. The molecule has 12 rings (SSSR count). The highest BCUT2D eigenvalue weighted by atomic mass is 15.2. The molecule has 74 heavy (non-hydrogen) atoms. The largest absolute Gasteiger partial charge is 0.338 e. The van der Waals surface area contributed by atoms with Crippen LogP contribution in [0.5, 0.6) is 0 Å². The van der Waals surface area contributed by atoms with Gasteiger partial charge in [-0.3, -0.25) is 0 Å². The van der Waals surface area contributed by atoms with E-state index in [0.29, 0.717) is 29.6 Å². The standard InChI is InChI=1S/C72H72N2/c1-5-15-53(16-6-1)57-27-39-67(40-28-57)73(68-41-29-58(30-42-68)54-17-7-2-8-18-54)69-43-31-59(32-44-69)60-33-45-70(46-34-60)74(71-47-35-61(36-48-71)65-25-13-23-63(51-65)55-19-9-3-10-20-55)72-49-37-62(38-50-72)66-26-14-24-64(52-66)56-21-11-4-12-22-56/h1,3,5-7,9-11,13-15,17-19,21-22,24-25,27-31,33,35,37-39,41-43,45,47-53,55,61,63,66-67H,2,4,8,12,16,20,23,26,32,34,36,40,44,46H2. The van der Waals surface area contributed by atoms with Crippen LogP contribution in [-0.2, 0) is 0 Å². The van der Waals surface area contributed by atoms with E-state index in [0.717, 1.165) is 89.9 Å². The molecule has 0 heterocycles. The van der Waals surface area contributed by atoms with Gasteiger partial charge >= 0.3 is 0 Å². The van der Waals surface area contributed by atoms with E-state index < -0.39 is 0 Å². The number of benzene rings is 2. The van der Waals surface area contributed by atoms with Crippen LogP contribution in [0.1, 0.15) is 107 Å². The predicted octanol–water partition coefficient (Wildman–Crippen LogP) is 18.7. The highest BCUT2D eigenvalue weighted by Gasteiger charge is 2.28. The lowest BCUT2D eigenvalue weighted by Gasteiger charge is -2.37. The lowest BCUT2D eigenvalue weighted by Crippen LogP contribution is -2.34. The summed E-state index contributed by atoms with van der Waals surface area (Å²) in [6, 6.07) is 19.2. The molecular formula is C72H72N2. The Morgan fingerprint density at radius 2 is 1.08 bits per heavy atom. The smallest absolute Gasteiger partial charge is 0.0556 e. The van der Waals surface area contributed by atoms with Gasteiger partial charge in [0, 0.05) is 46.2 Å². The van der Waals surface area contributed by atoms with Gasteiger partial charge < -0.3 is 9.80 Å². The minimum absolute atomic E-state index is 0.273. The van der Waals surface area contributed by atoms with E-state index >= 15 is 0 Å². The molecule has 0 aromatic heterocycles. The summed E-state index contributed by atoms with van der Waals surface area (Å²) in [6.07, 6.45) is 86.3. The number of nitrogens with zero attached hydrogens (tertiary/aromatic N) is 2. The summed E-state index contributed by atoms with van der Waals surface area (Å²) in [4.78, 5) is 5.19. The average Bonchev–Trinajstić information content (AvgIpc) is 3.49. The zero-order valence-electron chi connectivity index (χ0n) is 43.2. The van der Waals surface area contributed by atoms with Crippen LogP contribution in [0.3, 0.4) is 0 Å². The first kappa shape index (κ1) is 47.8. The summed E-state index contributed by atoms with van der Waals surface area (Å²) >= 11 is 0. The Labute approximate surface area is 442 Å². The monoisotopic (exact) mass is 965 g/mol. The molecule has 2 heteroatoms. The summed E-state index contributed by atoms with van der Waals surface area (Å²) < 4.78 is 0. The fraction of sp³-hybridized carbons (Fsp3) is 0.278. The first-order valence-electron chi connectivity index (χ1n) is 28.2. The van der Waals surface area contributed by atoms with Crippen molar-refractivity contribution in [3.05, 3.63) is 292 Å². The Morgan fingerprint density at radius 3 is 1.74 bits per heavy atom. The summed E-state index contributed by atoms with van der Waals surface area (Å²) in [6.45, 7) is 0. The van der Waals surface area contributed by atoms with Gasteiger partial charge in [0.25, 0.3) is 0 Å². The highest BCUT2D eigenvalue weighted by molar-refractivity contribution is 5.76. The fourth-order valence-electron chi connectivity index (χ4n) is 12.8. The number of rotatable bonds is 13. The minimum Gasteiger partial charge on any atom is -0.338 e. The molecule has 6 unspecified atom stereocenters. The van der Waals surface area contributed by atoms with Crippen LogP contribution in [0.2, 0.25) is 0 Å². The summed E-state index contributed by atoms with van der Waals surface area (Å²) in [5.74, 6) is 2.42. The molecule has 0 fully saturated rings. The molecule has 10 aliphatic carbocycles. The van der Waals surface area contributed by atoms with Gasteiger partial charge in [-0.2, -0.15) is 0 Å². The molecule has 0 N–H and O–H groups in total. The number of hydrogen-bond donors (Lipinski definition) is 0. The second-order valence-electron chi connectivity index (χ2n) is 21.7. The van der Waals surface area contributed by atoms with E-state index in [1.54, 1.807) is 0 Å². The van der Waals surface area contributed by atoms with Crippen molar-refractivity contribution in [3.8, 4) is 0 Å². The van der Waals surface area contributed by atoms with Crippen molar-refractivity contribution in [1.82, 2.24) is 0 Å². The molecule has 0 saturated carbocycles. The number of allylic oxidation sites excluding steroid dienone is 37. The lowest BCUT2D eigenvalue weighted by molar-refractivity contribution is 0.471. The van der Waals surface area contributed by atoms with Crippen LogP contribution in [-0.4, -0.2) is 6.04 Å². The molecule has 2 nitrogen and oxygen atoms in total. The zero-order chi connectivity index (χ0) is 49.5. The summed E-state index contributed by atoms with van der Waals surface area (Å²) in [5, 5.41) is 0. The topological polar surface area (TPSA) is 6.48 Å². The van der Waals surface area contributed by atoms with Gasteiger partial charge in [0.2, 0.25) is 0 Å². The van der Waals surface area contributed by atoms with E-state index in [-0.39, 0.29) is 6.04 Å². The molecule has 2 aromatic carbocycles. The third-order valence-corrected chi connectivity index (χ3v) is 17.0. The maximum atomic E-state index is 2.63. The molecule has 0 bridgehead atoms. The van der Waals surface area contributed by atoms with E-state index in [1.165, 1.54) is 78.6 Å². The normalized spacial score (nSPS) is 27.0. The highest BCUT2D eigenvalue weighted by Crippen LogP contribution is 2.42. The first-order valence-corrected chi connectivity index (χ1v) is 28.2. The van der Waals surface area contributed by atoms with Crippen molar-refractivity contribution in [3.63, 3.8) is 0 Å². The van der Waals surface area contributed by atoms with Gasteiger partial charge in [0.15, 0.2) is 0 Å². The molecule has 2 aromatic rings. The Kier molecular flexibility index (Phi) is 14.6. The number of anilines is 2. The Morgan fingerprint density at radius 1 is 0.392 bits per heavy atom. The van der Waals surface area contributed by atoms with Gasteiger partial charge in [-0.05, 0) is 194 Å².